The van der Waals surface area contributed by atoms with Crippen molar-refractivity contribution in [2.75, 3.05) is 6.61 Å². The lowest BCUT2D eigenvalue weighted by Gasteiger charge is -2.21. The second-order valence-corrected chi connectivity index (χ2v) is 10.8. The number of unbranched alkanes of at least 4 members (excludes halogenated alkanes) is 8. The van der Waals surface area contributed by atoms with Gasteiger partial charge in [-0.2, -0.15) is 13.2 Å². The van der Waals surface area contributed by atoms with E-state index in [1.807, 2.05) is 24.3 Å². The van der Waals surface area contributed by atoms with Crippen LogP contribution in [0.3, 0.4) is 0 Å². The van der Waals surface area contributed by atoms with Crippen LogP contribution in [0.4, 0.5) is 17.6 Å². The Morgan fingerprint density at radius 3 is 1.89 bits per heavy atom. The van der Waals surface area contributed by atoms with E-state index in [9.17, 15) is 27.2 Å². The molecule has 0 aliphatic carbocycles. The van der Waals surface area contributed by atoms with Crippen molar-refractivity contribution in [2.24, 2.45) is 0 Å². The van der Waals surface area contributed by atoms with Crippen LogP contribution in [0, 0.1) is 5.82 Å². The minimum Gasteiger partial charge on any atom is -0.490 e. The average Bonchev–Trinajstić information content (AvgIpc) is 3.02. The summed E-state index contributed by atoms with van der Waals surface area (Å²) in [5.41, 5.74) is 1.25. The maximum Gasteiger partial charge on any atom is 0.425 e. The van der Waals surface area contributed by atoms with Gasteiger partial charge in [0.1, 0.15) is 23.9 Å². The first-order valence-electron chi connectivity index (χ1n) is 15.4. The zero-order valence-electron chi connectivity index (χ0n) is 25.5. The SMILES string of the molecule is C=CCOc1ccc(-c2ccc(C(=O)Oc3ccc(C(=O)OC(CCCCCCCCCCC)C(F)(F)F)c(F)c3)cc2)cc1. The highest BCUT2D eigenvalue weighted by Gasteiger charge is 2.42. The summed E-state index contributed by atoms with van der Waals surface area (Å²) >= 11 is 0. The minimum atomic E-state index is -4.78. The number of benzene rings is 3. The lowest BCUT2D eigenvalue weighted by molar-refractivity contribution is -0.206. The normalized spacial score (nSPS) is 11.9. The van der Waals surface area contributed by atoms with Crippen molar-refractivity contribution in [3.8, 4) is 22.6 Å². The maximum atomic E-state index is 14.8. The van der Waals surface area contributed by atoms with E-state index >= 15 is 0 Å². The number of carbonyl (C=O) groups is 2. The van der Waals surface area contributed by atoms with Gasteiger partial charge in [-0.3, -0.25) is 0 Å². The van der Waals surface area contributed by atoms with Gasteiger partial charge in [-0.15, -0.1) is 0 Å². The van der Waals surface area contributed by atoms with Crippen LogP contribution < -0.4 is 9.47 Å². The number of hydrogen-bond acceptors (Lipinski definition) is 5. The largest absolute Gasteiger partial charge is 0.490 e. The molecular formula is C36H40F4O5. The van der Waals surface area contributed by atoms with Gasteiger partial charge in [0.15, 0.2) is 6.10 Å². The molecule has 0 saturated carbocycles. The zero-order valence-corrected chi connectivity index (χ0v) is 25.5. The predicted molar refractivity (Wildman–Crippen MR) is 166 cm³/mol. The number of carbonyl (C=O) groups excluding carboxylic acids is 2. The van der Waals surface area contributed by atoms with Crippen molar-refractivity contribution in [2.45, 2.75) is 83.4 Å². The lowest BCUT2D eigenvalue weighted by Crippen LogP contribution is -2.34. The van der Waals surface area contributed by atoms with Gasteiger partial charge in [-0.25, -0.2) is 14.0 Å². The smallest absolute Gasteiger partial charge is 0.425 e. The Labute approximate surface area is 262 Å². The molecule has 0 saturated heterocycles. The molecule has 0 spiro atoms. The summed E-state index contributed by atoms with van der Waals surface area (Å²) < 4.78 is 70.8. The van der Waals surface area contributed by atoms with Gasteiger partial charge in [0.2, 0.25) is 0 Å². The number of hydrogen-bond donors (Lipinski definition) is 0. The number of alkyl halides is 3. The Hall–Kier alpha value is -4.14. The number of halogens is 4. The molecular weight excluding hydrogens is 588 g/mol. The molecule has 3 aromatic carbocycles. The quantitative estimate of drug-likeness (QED) is 0.0461. The van der Waals surface area contributed by atoms with Gasteiger partial charge >= 0.3 is 18.1 Å². The number of rotatable bonds is 18. The summed E-state index contributed by atoms with van der Waals surface area (Å²) in [5, 5.41) is 0. The Morgan fingerprint density at radius 2 is 1.33 bits per heavy atom. The van der Waals surface area contributed by atoms with Crippen LogP contribution in [-0.4, -0.2) is 30.8 Å². The molecule has 1 unspecified atom stereocenters. The van der Waals surface area contributed by atoms with E-state index in [0.717, 1.165) is 61.4 Å². The van der Waals surface area contributed by atoms with Crippen molar-refractivity contribution in [3.63, 3.8) is 0 Å². The first-order valence-corrected chi connectivity index (χ1v) is 15.4. The molecule has 3 aromatic rings. The first kappa shape index (κ1) is 35.3. The summed E-state index contributed by atoms with van der Waals surface area (Å²) in [4.78, 5) is 25.1. The maximum absolute atomic E-state index is 14.8. The minimum absolute atomic E-state index is 0.193. The molecule has 5 nitrogen and oxygen atoms in total. The molecule has 3 rings (SSSR count). The molecule has 0 radical (unpaired) electrons. The predicted octanol–water partition coefficient (Wildman–Crippen LogP) is 10.3. The van der Waals surface area contributed by atoms with E-state index in [1.165, 1.54) is 12.8 Å². The van der Waals surface area contributed by atoms with Crippen LogP contribution in [0.25, 0.3) is 11.1 Å². The van der Waals surface area contributed by atoms with Gasteiger partial charge < -0.3 is 14.2 Å². The molecule has 0 amide bonds. The molecule has 242 valence electrons. The fourth-order valence-electron chi connectivity index (χ4n) is 4.71. The Kier molecular flexibility index (Phi) is 14.1. The Balaban J connectivity index is 1.52. The zero-order chi connectivity index (χ0) is 32.7. The monoisotopic (exact) mass is 628 g/mol. The van der Waals surface area contributed by atoms with Crippen LogP contribution in [-0.2, 0) is 4.74 Å². The van der Waals surface area contributed by atoms with Crippen LogP contribution >= 0.6 is 0 Å². The third-order valence-electron chi connectivity index (χ3n) is 7.23. The fourth-order valence-corrected chi connectivity index (χ4v) is 4.71. The Morgan fingerprint density at radius 1 is 0.778 bits per heavy atom. The van der Waals surface area contributed by atoms with Gasteiger partial charge in [0.25, 0.3) is 0 Å². The van der Waals surface area contributed by atoms with E-state index in [1.54, 1.807) is 30.3 Å². The highest BCUT2D eigenvalue weighted by atomic mass is 19.4. The highest BCUT2D eigenvalue weighted by Crippen LogP contribution is 2.29. The number of ether oxygens (including phenoxy) is 3. The van der Waals surface area contributed by atoms with Crippen molar-refractivity contribution in [1.82, 2.24) is 0 Å². The Bertz CT molecular complexity index is 1370. The molecule has 0 heterocycles. The number of esters is 2. The molecule has 0 aliphatic heterocycles. The molecule has 45 heavy (non-hydrogen) atoms. The first-order chi connectivity index (χ1) is 21.6. The molecule has 1 atom stereocenters. The molecule has 0 aliphatic rings. The van der Waals surface area contributed by atoms with E-state index in [0.29, 0.717) is 18.8 Å². The fraction of sp³-hybridized carbons (Fsp3) is 0.389. The molecule has 0 N–H and O–H groups in total. The lowest BCUT2D eigenvalue weighted by atomic mass is 10.0. The van der Waals surface area contributed by atoms with E-state index in [4.69, 9.17) is 14.2 Å². The third kappa shape index (κ3) is 11.7. The topological polar surface area (TPSA) is 61.8 Å². The van der Waals surface area contributed by atoms with Crippen LogP contribution in [0.15, 0.2) is 79.4 Å². The molecule has 0 fully saturated rings. The molecule has 0 bridgehead atoms. The van der Waals surface area contributed by atoms with Crippen molar-refractivity contribution in [1.29, 1.82) is 0 Å². The average molecular weight is 629 g/mol. The summed E-state index contributed by atoms with van der Waals surface area (Å²) in [7, 11) is 0. The summed E-state index contributed by atoms with van der Waals surface area (Å²) in [6.07, 6.45) is 2.42. The van der Waals surface area contributed by atoms with Crippen molar-refractivity contribution in [3.05, 3.63) is 96.3 Å². The standard InChI is InChI=1S/C36H40F4O5/c1-3-5-6-7-8-9-10-11-12-13-33(36(38,39)40)45-35(42)31-23-22-30(25-32(31)37)44-34(41)28-16-14-26(15-17-28)27-18-20-29(21-19-27)43-24-4-2/h4,14-23,25,33H,2-3,5-13,24H2,1H3. The van der Waals surface area contributed by atoms with Crippen LogP contribution in [0.2, 0.25) is 0 Å². The molecule has 0 aromatic heterocycles. The van der Waals surface area contributed by atoms with Gasteiger partial charge in [-0.05, 0) is 60.4 Å². The van der Waals surface area contributed by atoms with Crippen molar-refractivity contribution >= 4 is 11.9 Å². The summed E-state index contributed by atoms with van der Waals surface area (Å²) in [6.45, 7) is 6.14. The van der Waals surface area contributed by atoms with E-state index in [-0.39, 0.29) is 17.7 Å². The molecule has 9 heteroatoms. The summed E-state index contributed by atoms with van der Waals surface area (Å²) in [5.74, 6) is -2.89. The van der Waals surface area contributed by atoms with E-state index in [2.05, 4.69) is 13.5 Å². The third-order valence-corrected chi connectivity index (χ3v) is 7.23. The summed E-state index contributed by atoms with van der Waals surface area (Å²) in [6, 6.07) is 16.8. The van der Waals surface area contributed by atoms with Gasteiger partial charge in [0.05, 0.1) is 11.1 Å². The highest BCUT2D eigenvalue weighted by molar-refractivity contribution is 5.92. The second-order valence-electron chi connectivity index (χ2n) is 10.8. The second kappa shape index (κ2) is 18.0. The van der Waals surface area contributed by atoms with Crippen LogP contribution in [0.5, 0.6) is 11.5 Å². The van der Waals surface area contributed by atoms with Crippen molar-refractivity contribution < 1.29 is 41.4 Å². The van der Waals surface area contributed by atoms with E-state index < -0.39 is 42.0 Å². The van der Waals surface area contributed by atoms with Gasteiger partial charge in [0, 0.05) is 6.07 Å². The van der Waals surface area contributed by atoms with Crippen LogP contribution in [0.1, 0.15) is 91.8 Å². The van der Waals surface area contributed by atoms with Gasteiger partial charge in [-0.1, -0.05) is 95.2 Å².